The largest absolute Gasteiger partial charge is 0.298 e. The van der Waals surface area contributed by atoms with Crippen LogP contribution in [0, 0.1) is 6.92 Å². The zero-order chi connectivity index (χ0) is 12.4. The molecule has 0 radical (unpaired) electrons. The quantitative estimate of drug-likeness (QED) is 0.763. The van der Waals surface area contributed by atoms with Crippen LogP contribution in [0.4, 0.5) is 0 Å². The standard InChI is InChI=1S/C13H9Cl2NO/c1-8-2-3-9(7-17)13(16-8)11-6-10(14)4-5-12(11)15/h2-7H,1H3. The molecule has 17 heavy (non-hydrogen) atoms. The molecule has 2 rings (SSSR count). The topological polar surface area (TPSA) is 30.0 Å². The van der Waals surface area contributed by atoms with Gasteiger partial charge in [0.15, 0.2) is 6.29 Å². The molecule has 0 saturated carbocycles. The van der Waals surface area contributed by atoms with Gasteiger partial charge in [-0.05, 0) is 37.3 Å². The van der Waals surface area contributed by atoms with Crippen LogP contribution in [0.3, 0.4) is 0 Å². The minimum Gasteiger partial charge on any atom is -0.298 e. The minimum absolute atomic E-state index is 0.500. The maximum Gasteiger partial charge on any atom is 0.152 e. The van der Waals surface area contributed by atoms with Gasteiger partial charge in [-0.25, -0.2) is 0 Å². The number of hydrogen-bond donors (Lipinski definition) is 0. The highest BCUT2D eigenvalue weighted by Gasteiger charge is 2.11. The lowest BCUT2D eigenvalue weighted by molar-refractivity contribution is 0.112. The fourth-order valence-electron chi connectivity index (χ4n) is 1.56. The van der Waals surface area contributed by atoms with Gasteiger partial charge in [-0.1, -0.05) is 23.2 Å². The summed E-state index contributed by atoms with van der Waals surface area (Å²) in [7, 11) is 0. The van der Waals surface area contributed by atoms with Crippen LogP contribution in [0.15, 0.2) is 30.3 Å². The van der Waals surface area contributed by atoms with Crippen molar-refractivity contribution in [2.75, 3.05) is 0 Å². The average Bonchev–Trinajstić information content (AvgIpc) is 2.32. The molecule has 0 unspecified atom stereocenters. The van der Waals surface area contributed by atoms with Gasteiger partial charge in [-0.3, -0.25) is 9.78 Å². The van der Waals surface area contributed by atoms with Crippen molar-refractivity contribution in [2.45, 2.75) is 6.92 Å². The van der Waals surface area contributed by atoms with Gasteiger partial charge in [0.2, 0.25) is 0 Å². The van der Waals surface area contributed by atoms with E-state index in [9.17, 15) is 4.79 Å². The zero-order valence-electron chi connectivity index (χ0n) is 9.08. The highest BCUT2D eigenvalue weighted by molar-refractivity contribution is 6.35. The second-order valence-corrected chi connectivity index (χ2v) is 4.48. The summed E-state index contributed by atoms with van der Waals surface area (Å²) in [5, 5.41) is 1.08. The van der Waals surface area contributed by atoms with Crippen molar-refractivity contribution in [2.24, 2.45) is 0 Å². The Kier molecular flexibility index (Phi) is 3.46. The highest BCUT2D eigenvalue weighted by Crippen LogP contribution is 2.31. The summed E-state index contributed by atoms with van der Waals surface area (Å²) in [5.74, 6) is 0. The van der Waals surface area contributed by atoms with E-state index in [0.717, 1.165) is 12.0 Å². The number of aldehydes is 1. The molecule has 0 bridgehead atoms. The highest BCUT2D eigenvalue weighted by atomic mass is 35.5. The zero-order valence-corrected chi connectivity index (χ0v) is 10.6. The molecule has 0 aliphatic rings. The molecule has 86 valence electrons. The van der Waals surface area contributed by atoms with Crippen molar-refractivity contribution < 1.29 is 4.79 Å². The van der Waals surface area contributed by atoms with Crippen LogP contribution >= 0.6 is 23.2 Å². The van der Waals surface area contributed by atoms with E-state index in [-0.39, 0.29) is 0 Å². The third-order valence-corrected chi connectivity index (χ3v) is 2.94. The number of aromatic nitrogens is 1. The predicted molar refractivity (Wildman–Crippen MR) is 69.8 cm³/mol. The number of benzene rings is 1. The lowest BCUT2D eigenvalue weighted by Gasteiger charge is -2.07. The summed E-state index contributed by atoms with van der Waals surface area (Å²) >= 11 is 12.0. The van der Waals surface area contributed by atoms with Crippen molar-refractivity contribution in [3.63, 3.8) is 0 Å². The fourth-order valence-corrected chi connectivity index (χ4v) is 1.94. The van der Waals surface area contributed by atoms with Gasteiger partial charge < -0.3 is 0 Å². The maximum absolute atomic E-state index is 11.0. The third kappa shape index (κ3) is 2.48. The molecule has 4 heteroatoms. The summed E-state index contributed by atoms with van der Waals surface area (Å²) in [6.07, 6.45) is 0.763. The second kappa shape index (κ2) is 4.86. The van der Waals surface area contributed by atoms with Crippen molar-refractivity contribution in [1.82, 2.24) is 4.98 Å². The number of nitrogens with zero attached hydrogens (tertiary/aromatic N) is 1. The smallest absolute Gasteiger partial charge is 0.152 e. The molecule has 0 saturated heterocycles. The molecule has 2 aromatic rings. The molecular formula is C13H9Cl2NO. The van der Waals surface area contributed by atoms with E-state index in [4.69, 9.17) is 23.2 Å². The first-order valence-electron chi connectivity index (χ1n) is 5.00. The van der Waals surface area contributed by atoms with Crippen LogP contribution in [0.1, 0.15) is 16.1 Å². The van der Waals surface area contributed by atoms with Crippen LogP contribution in [0.2, 0.25) is 10.0 Å². The van der Waals surface area contributed by atoms with E-state index in [0.29, 0.717) is 26.9 Å². The molecule has 1 heterocycles. The van der Waals surface area contributed by atoms with Gasteiger partial charge in [-0.15, -0.1) is 0 Å². The van der Waals surface area contributed by atoms with Gasteiger partial charge in [0.25, 0.3) is 0 Å². The fraction of sp³-hybridized carbons (Fsp3) is 0.0769. The Balaban J connectivity index is 2.70. The Labute approximate surface area is 109 Å². The van der Waals surface area contributed by atoms with Crippen LogP contribution in [-0.2, 0) is 0 Å². The first-order chi connectivity index (χ1) is 8.11. The van der Waals surface area contributed by atoms with Gasteiger partial charge >= 0.3 is 0 Å². The van der Waals surface area contributed by atoms with E-state index >= 15 is 0 Å². The molecule has 0 spiro atoms. The Hall–Kier alpha value is -1.38. The summed E-state index contributed by atoms with van der Waals surface area (Å²) in [6, 6.07) is 8.60. The normalized spacial score (nSPS) is 10.3. The Morgan fingerprint density at radius 3 is 2.65 bits per heavy atom. The van der Waals surface area contributed by atoms with Gasteiger partial charge in [-0.2, -0.15) is 0 Å². The maximum atomic E-state index is 11.0. The Morgan fingerprint density at radius 2 is 1.94 bits per heavy atom. The molecule has 1 aromatic carbocycles. The summed E-state index contributed by atoms with van der Waals surface area (Å²) in [6.45, 7) is 1.86. The summed E-state index contributed by atoms with van der Waals surface area (Å²) < 4.78 is 0. The average molecular weight is 266 g/mol. The number of hydrogen-bond acceptors (Lipinski definition) is 2. The summed E-state index contributed by atoms with van der Waals surface area (Å²) in [5.41, 5.74) is 2.55. The van der Waals surface area contributed by atoms with Crippen molar-refractivity contribution >= 4 is 29.5 Å². The Morgan fingerprint density at radius 1 is 1.18 bits per heavy atom. The lowest BCUT2D eigenvalue weighted by Crippen LogP contribution is -1.94. The Bertz CT molecular complexity index is 582. The minimum atomic E-state index is 0.500. The molecule has 2 nitrogen and oxygen atoms in total. The number of carbonyl (C=O) groups is 1. The third-order valence-electron chi connectivity index (χ3n) is 2.38. The van der Waals surface area contributed by atoms with E-state index in [1.165, 1.54) is 0 Å². The molecular weight excluding hydrogens is 257 g/mol. The molecule has 0 atom stereocenters. The number of aryl methyl sites for hydroxylation is 1. The first kappa shape index (κ1) is 12.1. The number of halogens is 2. The second-order valence-electron chi connectivity index (χ2n) is 3.63. The number of pyridine rings is 1. The van der Waals surface area contributed by atoms with Gasteiger partial charge in [0.1, 0.15) is 0 Å². The molecule has 0 fully saturated rings. The van der Waals surface area contributed by atoms with Crippen molar-refractivity contribution in [3.8, 4) is 11.3 Å². The van der Waals surface area contributed by atoms with E-state index in [2.05, 4.69) is 4.98 Å². The van der Waals surface area contributed by atoms with E-state index in [1.54, 1.807) is 30.3 Å². The SMILES string of the molecule is Cc1ccc(C=O)c(-c2cc(Cl)ccc2Cl)n1. The number of rotatable bonds is 2. The predicted octanol–water partition coefficient (Wildman–Crippen LogP) is 4.18. The molecule has 0 aliphatic heterocycles. The van der Waals surface area contributed by atoms with Crippen LogP contribution in [-0.4, -0.2) is 11.3 Å². The van der Waals surface area contributed by atoms with E-state index in [1.807, 2.05) is 6.92 Å². The van der Waals surface area contributed by atoms with Crippen molar-refractivity contribution in [1.29, 1.82) is 0 Å². The van der Waals surface area contributed by atoms with Gasteiger partial charge in [0.05, 0.1) is 10.7 Å². The van der Waals surface area contributed by atoms with Crippen molar-refractivity contribution in [3.05, 3.63) is 51.6 Å². The number of carbonyl (C=O) groups excluding carboxylic acids is 1. The van der Waals surface area contributed by atoms with E-state index < -0.39 is 0 Å². The molecule has 0 aliphatic carbocycles. The van der Waals surface area contributed by atoms with Gasteiger partial charge in [0, 0.05) is 21.8 Å². The van der Waals surface area contributed by atoms with Crippen LogP contribution < -0.4 is 0 Å². The van der Waals surface area contributed by atoms with Crippen LogP contribution in [0.25, 0.3) is 11.3 Å². The molecule has 0 amide bonds. The monoisotopic (exact) mass is 265 g/mol. The molecule has 0 N–H and O–H groups in total. The lowest BCUT2D eigenvalue weighted by atomic mass is 10.1. The van der Waals surface area contributed by atoms with Crippen LogP contribution in [0.5, 0.6) is 0 Å². The summed E-state index contributed by atoms with van der Waals surface area (Å²) in [4.78, 5) is 15.3. The molecule has 1 aromatic heterocycles. The first-order valence-corrected chi connectivity index (χ1v) is 5.75.